The zero-order chi connectivity index (χ0) is 19.7. The molecule has 0 radical (unpaired) electrons. The molecule has 4 rings (SSSR count). The molecule has 6 nitrogen and oxygen atoms in total. The van der Waals surface area contributed by atoms with Gasteiger partial charge >= 0.3 is 0 Å². The SMILES string of the molecule is CC(=O)N1CCN(c2nc3c(s2)C[C@@H](C(=O)Nc2cccc(C)c2)CC3)CC1. The zero-order valence-corrected chi connectivity index (χ0v) is 17.2. The molecule has 0 spiro atoms. The van der Waals surface area contributed by atoms with E-state index in [0.29, 0.717) is 0 Å². The lowest BCUT2D eigenvalue weighted by atomic mass is 9.90. The summed E-state index contributed by atoms with van der Waals surface area (Å²) >= 11 is 1.71. The van der Waals surface area contributed by atoms with Crippen LogP contribution in [-0.4, -0.2) is 47.9 Å². The van der Waals surface area contributed by atoms with Crippen LogP contribution in [0.4, 0.5) is 10.8 Å². The molecule has 1 aliphatic carbocycles. The normalized spacial score (nSPS) is 19.3. The van der Waals surface area contributed by atoms with Crippen molar-refractivity contribution in [3.8, 4) is 0 Å². The van der Waals surface area contributed by atoms with E-state index in [9.17, 15) is 9.59 Å². The summed E-state index contributed by atoms with van der Waals surface area (Å²) in [6, 6.07) is 7.92. The molecule has 1 atom stereocenters. The van der Waals surface area contributed by atoms with Crippen molar-refractivity contribution in [3.63, 3.8) is 0 Å². The topological polar surface area (TPSA) is 65.5 Å². The number of aromatic nitrogens is 1. The van der Waals surface area contributed by atoms with E-state index >= 15 is 0 Å². The van der Waals surface area contributed by atoms with E-state index in [2.05, 4.69) is 10.2 Å². The Hall–Kier alpha value is -2.41. The van der Waals surface area contributed by atoms with Gasteiger partial charge in [-0.1, -0.05) is 12.1 Å². The van der Waals surface area contributed by atoms with Gasteiger partial charge in [-0.25, -0.2) is 4.98 Å². The summed E-state index contributed by atoms with van der Waals surface area (Å²) in [4.78, 5) is 34.5. The maximum absolute atomic E-state index is 12.7. The highest BCUT2D eigenvalue weighted by molar-refractivity contribution is 7.15. The molecule has 1 fully saturated rings. The first-order valence-corrected chi connectivity index (χ1v) is 10.7. The Morgan fingerprint density at radius 1 is 1.21 bits per heavy atom. The van der Waals surface area contributed by atoms with E-state index in [0.717, 1.165) is 67.5 Å². The van der Waals surface area contributed by atoms with Crippen LogP contribution in [0.15, 0.2) is 24.3 Å². The molecule has 0 bridgehead atoms. The summed E-state index contributed by atoms with van der Waals surface area (Å²) in [5, 5.41) is 4.10. The van der Waals surface area contributed by atoms with E-state index in [1.807, 2.05) is 36.1 Å². The molecule has 1 aliphatic heterocycles. The number of carbonyl (C=O) groups excluding carboxylic acids is 2. The number of thiazole rings is 1. The van der Waals surface area contributed by atoms with Crippen LogP contribution < -0.4 is 10.2 Å². The fourth-order valence-corrected chi connectivity index (χ4v) is 5.14. The highest BCUT2D eigenvalue weighted by Crippen LogP contribution is 2.35. The number of rotatable bonds is 3. The first-order chi connectivity index (χ1) is 13.5. The lowest BCUT2D eigenvalue weighted by molar-refractivity contribution is -0.129. The number of nitrogens with zero attached hydrogens (tertiary/aromatic N) is 3. The Bertz CT molecular complexity index is 886. The Balaban J connectivity index is 1.39. The van der Waals surface area contributed by atoms with Gasteiger partial charge in [-0.05, 0) is 43.9 Å². The number of hydrogen-bond donors (Lipinski definition) is 1. The van der Waals surface area contributed by atoms with Crippen LogP contribution in [0.3, 0.4) is 0 Å². The highest BCUT2D eigenvalue weighted by atomic mass is 32.1. The van der Waals surface area contributed by atoms with E-state index in [1.165, 1.54) is 4.88 Å². The molecule has 1 aromatic heterocycles. The van der Waals surface area contributed by atoms with E-state index in [-0.39, 0.29) is 17.7 Å². The molecule has 7 heteroatoms. The monoisotopic (exact) mass is 398 g/mol. The molecule has 0 saturated carbocycles. The quantitative estimate of drug-likeness (QED) is 0.863. The van der Waals surface area contributed by atoms with Gasteiger partial charge in [0.25, 0.3) is 0 Å². The maximum atomic E-state index is 12.7. The molecule has 148 valence electrons. The summed E-state index contributed by atoms with van der Waals surface area (Å²) < 4.78 is 0. The summed E-state index contributed by atoms with van der Waals surface area (Å²) in [5.41, 5.74) is 3.15. The number of aryl methyl sites for hydroxylation is 2. The number of fused-ring (bicyclic) bond motifs is 1. The van der Waals surface area contributed by atoms with Crippen molar-refractivity contribution in [1.29, 1.82) is 0 Å². The first-order valence-electron chi connectivity index (χ1n) is 9.86. The number of piperazine rings is 1. The minimum atomic E-state index is -0.00382. The third kappa shape index (κ3) is 4.04. The van der Waals surface area contributed by atoms with Crippen LogP contribution >= 0.6 is 11.3 Å². The average Bonchev–Trinajstić information content (AvgIpc) is 3.11. The second-order valence-corrected chi connectivity index (χ2v) is 8.72. The molecule has 1 aromatic carbocycles. The lowest BCUT2D eigenvalue weighted by Crippen LogP contribution is -2.48. The molecule has 2 aliphatic rings. The van der Waals surface area contributed by atoms with Crippen molar-refractivity contribution in [2.24, 2.45) is 5.92 Å². The first kappa shape index (κ1) is 18.9. The van der Waals surface area contributed by atoms with Crippen LogP contribution in [-0.2, 0) is 22.4 Å². The van der Waals surface area contributed by atoms with Crippen LogP contribution in [0.1, 0.15) is 29.5 Å². The van der Waals surface area contributed by atoms with Crippen molar-refractivity contribution in [2.75, 3.05) is 36.4 Å². The van der Waals surface area contributed by atoms with Crippen LogP contribution in [0.5, 0.6) is 0 Å². The minimum Gasteiger partial charge on any atom is -0.345 e. The standard InChI is InChI=1S/C21H26N4O2S/c1-14-4-3-5-17(12-14)22-20(27)16-6-7-18-19(13-16)28-21(23-18)25-10-8-24(9-11-25)15(2)26/h3-5,12,16H,6-11,13H2,1-2H3,(H,22,27)/t16-/m0/s1. The largest absolute Gasteiger partial charge is 0.345 e. The van der Waals surface area contributed by atoms with Gasteiger partial charge in [0, 0.05) is 49.6 Å². The number of carbonyl (C=O) groups is 2. The van der Waals surface area contributed by atoms with Gasteiger partial charge in [0.2, 0.25) is 11.8 Å². The third-order valence-corrected chi connectivity index (χ3v) is 6.76. The van der Waals surface area contributed by atoms with Gasteiger partial charge in [-0.3, -0.25) is 9.59 Å². The smallest absolute Gasteiger partial charge is 0.227 e. The fraction of sp³-hybridized carbons (Fsp3) is 0.476. The second kappa shape index (κ2) is 7.91. The second-order valence-electron chi connectivity index (χ2n) is 7.66. The molecule has 2 heterocycles. The van der Waals surface area contributed by atoms with Gasteiger partial charge < -0.3 is 15.1 Å². The number of benzene rings is 1. The Labute approximate surface area is 169 Å². The number of anilines is 2. The zero-order valence-electron chi connectivity index (χ0n) is 16.4. The van der Waals surface area contributed by atoms with Gasteiger partial charge in [-0.15, -0.1) is 11.3 Å². The molecule has 2 amide bonds. The van der Waals surface area contributed by atoms with Crippen molar-refractivity contribution >= 4 is 34.0 Å². The molecular formula is C21H26N4O2S. The maximum Gasteiger partial charge on any atom is 0.227 e. The number of nitrogens with one attached hydrogen (secondary N) is 1. The molecule has 1 N–H and O–H groups in total. The lowest BCUT2D eigenvalue weighted by Gasteiger charge is -2.33. The van der Waals surface area contributed by atoms with Crippen molar-refractivity contribution in [3.05, 3.63) is 40.4 Å². The highest BCUT2D eigenvalue weighted by Gasteiger charge is 2.29. The molecular weight excluding hydrogens is 372 g/mol. The van der Waals surface area contributed by atoms with Gasteiger partial charge in [-0.2, -0.15) is 0 Å². The summed E-state index contributed by atoms with van der Waals surface area (Å²) in [5.74, 6) is 0.234. The predicted octanol–water partition coefficient (Wildman–Crippen LogP) is 2.86. The third-order valence-electron chi connectivity index (χ3n) is 5.58. The Kier molecular flexibility index (Phi) is 5.35. The molecule has 28 heavy (non-hydrogen) atoms. The van der Waals surface area contributed by atoms with E-state index in [4.69, 9.17) is 4.98 Å². The Morgan fingerprint density at radius 3 is 2.71 bits per heavy atom. The van der Waals surface area contributed by atoms with Crippen LogP contribution in [0.2, 0.25) is 0 Å². The fourth-order valence-electron chi connectivity index (χ4n) is 3.90. The van der Waals surface area contributed by atoms with Crippen LogP contribution in [0.25, 0.3) is 0 Å². The summed E-state index contributed by atoms with van der Waals surface area (Å²) in [6.45, 7) is 6.80. The molecule has 2 aromatic rings. The molecule has 1 saturated heterocycles. The van der Waals surface area contributed by atoms with E-state index < -0.39 is 0 Å². The van der Waals surface area contributed by atoms with Gasteiger partial charge in [0.15, 0.2) is 5.13 Å². The number of amides is 2. The average molecular weight is 399 g/mol. The summed E-state index contributed by atoms with van der Waals surface area (Å²) in [6.07, 6.45) is 2.45. The predicted molar refractivity (Wildman–Crippen MR) is 112 cm³/mol. The van der Waals surface area contributed by atoms with Crippen molar-refractivity contribution in [2.45, 2.75) is 33.1 Å². The van der Waals surface area contributed by atoms with Crippen LogP contribution in [0, 0.1) is 12.8 Å². The van der Waals surface area contributed by atoms with Gasteiger partial charge in [0.05, 0.1) is 5.69 Å². The minimum absolute atomic E-state index is 0.00382. The summed E-state index contributed by atoms with van der Waals surface area (Å²) in [7, 11) is 0. The molecule has 0 unspecified atom stereocenters. The van der Waals surface area contributed by atoms with Crippen molar-refractivity contribution in [1.82, 2.24) is 9.88 Å². The van der Waals surface area contributed by atoms with E-state index in [1.54, 1.807) is 18.3 Å². The Morgan fingerprint density at radius 2 is 2.00 bits per heavy atom. The van der Waals surface area contributed by atoms with Crippen molar-refractivity contribution < 1.29 is 9.59 Å². The van der Waals surface area contributed by atoms with Gasteiger partial charge in [0.1, 0.15) is 0 Å². The number of hydrogen-bond acceptors (Lipinski definition) is 5.